The fourth-order valence-electron chi connectivity index (χ4n) is 6.12. The van der Waals surface area contributed by atoms with Crippen LogP contribution in [0, 0.1) is 0 Å². The molecule has 0 unspecified atom stereocenters. The lowest BCUT2D eigenvalue weighted by Gasteiger charge is -2.18. The van der Waals surface area contributed by atoms with E-state index in [1.807, 2.05) is 0 Å². The molecule has 0 aliphatic carbocycles. The molecule has 0 radical (unpaired) electrons. The van der Waals surface area contributed by atoms with Crippen LogP contribution in [0.1, 0.15) is 40.5 Å². The second kappa shape index (κ2) is 18.7. The van der Waals surface area contributed by atoms with Crippen LogP contribution in [0.4, 0.5) is 34.9 Å². The maximum absolute atomic E-state index is 12.6. The molecular formula is C37H48N10O7S2. The minimum Gasteiger partial charge on any atom is -0.505 e. The number of azo groups is 1. The number of phenolic OH excluding ortho intramolecular Hbond substituents is 1. The van der Waals surface area contributed by atoms with Crippen LogP contribution in [0.15, 0.2) is 80.7 Å². The molecule has 1 aromatic heterocycles. The Kier molecular flexibility index (Phi) is 14.1. The van der Waals surface area contributed by atoms with Crippen molar-refractivity contribution in [1.29, 1.82) is 0 Å². The van der Waals surface area contributed by atoms with E-state index < -0.39 is 36.6 Å². The fraction of sp³-hybridized carbons (Fsp3) is 0.378. The number of fused-ring (bicyclic) bond motifs is 2. The first-order valence-corrected chi connectivity index (χ1v) is 21.3. The van der Waals surface area contributed by atoms with Gasteiger partial charge in [-0.15, -0.1) is 10.2 Å². The highest BCUT2D eigenvalue weighted by Crippen LogP contribution is 2.42. The number of anilines is 4. The molecule has 0 atom stereocenters. The Bertz CT molecular complexity index is 2370. The second-order valence-electron chi connectivity index (χ2n) is 12.9. The zero-order valence-corrected chi connectivity index (χ0v) is 33.4. The second-order valence-corrected chi connectivity index (χ2v) is 15.7. The topological polar surface area (TPSA) is 235 Å². The maximum Gasteiger partial charge on any atom is 0.296 e. The highest BCUT2D eigenvalue weighted by atomic mass is 32.2. The Morgan fingerprint density at radius 1 is 0.661 bits per heavy atom. The van der Waals surface area contributed by atoms with Gasteiger partial charge in [-0.3, -0.25) is 9.11 Å². The summed E-state index contributed by atoms with van der Waals surface area (Å²) in [5.74, 6) is 0.424. The number of aromatic hydroxyl groups is 1. The zero-order chi connectivity index (χ0) is 40.5. The predicted octanol–water partition coefficient (Wildman–Crippen LogP) is 6.82. The molecule has 0 saturated heterocycles. The van der Waals surface area contributed by atoms with E-state index in [0.29, 0.717) is 41.4 Å². The third-order valence-electron chi connectivity index (χ3n) is 9.26. The van der Waals surface area contributed by atoms with Gasteiger partial charge < -0.3 is 30.9 Å². The molecule has 0 amide bonds. The third kappa shape index (κ3) is 10.8. The predicted molar refractivity (Wildman–Crippen MR) is 218 cm³/mol. The molecule has 300 valence electrons. The van der Waals surface area contributed by atoms with Gasteiger partial charge in [-0.1, -0.05) is 45.9 Å². The van der Waals surface area contributed by atoms with Crippen LogP contribution in [0.5, 0.6) is 5.75 Å². The molecule has 0 bridgehead atoms. The largest absolute Gasteiger partial charge is 0.505 e. The summed E-state index contributed by atoms with van der Waals surface area (Å²) in [5.41, 5.74) is 0.162. The van der Waals surface area contributed by atoms with Crippen LogP contribution in [0.2, 0.25) is 0 Å². The Labute approximate surface area is 326 Å². The minimum atomic E-state index is -4.92. The standard InChI is InChI=1S/C37H48N10O7S2/c1-5-46(6-2)20-10-18-38-35-41-36(39-19-11-21-47(7-3)8-4)43-37(42-35)40-27-14-16-30-26(22-27)24-32(56(52,53)54)33(34(30)48)45-44-31-13-9-12-25-23-28(55(49,50)51)15-17-29(25)31/h9,12-17,22-24,48H,5-8,10-11,18-21H2,1-4H3,(H,49,50,51)(H,52,53,54)(H3,38,39,40,41,42,43). The number of hydrogen-bond acceptors (Lipinski definition) is 15. The number of benzene rings is 4. The van der Waals surface area contributed by atoms with Gasteiger partial charge in [-0.2, -0.15) is 31.8 Å². The normalized spacial score (nSPS) is 12.4. The van der Waals surface area contributed by atoms with E-state index in [0.717, 1.165) is 52.1 Å². The van der Waals surface area contributed by atoms with E-state index in [-0.39, 0.29) is 27.3 Å². The van der Waals surface area contributed by atoms with Crippen LogP contribution in [0.25, 0.3) is 21.5 Å². The van der Waals surface area contributed by atoms with Gasteiger partial charge in [0.1, 0.15) is 10.6 Å². The fourth-order valence-corrected chi connectivity index (χ4v) is 7.30. The molecule has 6 N–H and O–H groups in total. The first kappa shape index (κ1) is 42.1. The average molecular weight is 809 g/mol. The summed E-state index contributed by atoms with van der Waals surface area (Å²) in [4.78, 5) is 17.4. The van der Waals surface area contributed by atoms with E-state index in [1.165, 1.54) is 24.3 Å². The zero-order valence-electron chi connectivity index (χ0n) is 31.8. The molecule has 0 aliphatic heterocycles. The monoisotopic (exact) mass is 808 g/mol. The molecule has 17 nitrogen and oxygen atoms in total. The highest BCUT2D eigenvalue weighted by molar-refractivity contribution is 7.86. The quantitative estimate of drug-likeness (QED) is 0.0269. The Balaban J connectivity index is 1.44. The van der Waals surface area contributed by atoms with E-state index in [4.69, 9.17) is 0 Å². The summed E-state index contributed by atoms with van der Waals surface area (Å²) in [6, 6.07) is 14.5. The Morgan fingerprint density at radius 2 is 1.25 bits per heavy atom. The van der Waals surface area contributed by atoms with Crippen LogP contribution in [-0.2, 0) is 20.2 Å². The maximum atomic E-state index is 12.6. The van der Waals surface area contributed by atoms with Gasteiger partial charge in [0.2, 0.25) is 17.8 Å². The molecular weight excluding hydrogens is 761 g/mol. The van der Waals surface area contributed by atoms with Gasteiger partial charge in [-0.05, 0) is 105 Å². The van der Waals surface area contributed by atoms with E-state index >= 15 is 0 Å². The van der Waals surface area contributed by atoms with Crippen molar-refractivity contribution in [3.05, 3.63) is 60.7 Å². The highest BCUT2D eigenvalue weighted by Gasteiger charge is 2.23. The molecule has 5 rings (SSSR count). The van der Waals surface area contributed by atoms with Gasteiger partial charge in [0.15, 0.2) is 5.75 Å². The smallest absolute Gasteiger partial charge is 0.296 e. The number of phenols is 1. The van der Waals surface area contributed by atoms with Gasteiger partial charge >= 0.3 is 0 Å². The number of rotatable bonds is 20. The van der Waals surface area contributed by atoms with Crippen LogP contribution in [-0.4, -0.2) is 108 Å². The van der Waals surface area contributed by atoms with E-state index in [9.17, 15) is 31.0 Å². The average Bonchev–Trinajstić information content (AvgIpc) is 3.16. The van der Waals surface area contributed by atoms with E-state index in [2.05, 4.69) is 78.6 Å². The minimum absolute atomic E-state index is 0.206. The summed E-state index contributed by atoms with van der Waals surface area (Å²) >= 11 is 0. The molecule has 19 heteroatoms. The van der Waals surface area contributed by atoms with Crippen molar-refractivity contribution < 1.29 is 31.0 Å². The third-order valence-corrected chi connectivity index (χ3v) is 11.0. The van der Waals surface area contributed by atoms with Gasteiger partial charge in [-0.25, -0.2) is 0 Å². The van der Waals surface area contributed by atoms with Crippen molar-refractivity contribution in [2.45, 2.75) is 50.3 Å². The van der Waals surface area contributed by atoms with Gasteiger partial charge in [0.05, 0.1) is 10.6 Å². The number of aromatic nitrogens is 3. The number of nitrogens with one attached hydrogen (secondary N) is 3. The molecule has 0 saturated carbocycles. The number of nitrogens with zero attached hydrogens (tertiary/aromatic N) is 7. The van der Waals surface area contributed by atoms with Crippen LogP contribution in [0.3, 0.4) is 0 Å². The first-order chi connectivity index (χ1) is 26.7. The van der Waals surface area contributed by atoms with Crippen molar-refractivity contribution in [2.24, 2.45) is 10.2 Å². The van der Waals surface area contributed by atoms with Gasteiger partial charge in [0.25, 0.3) is 20.2 Å². The van der Waals surface area contributed by atoms with Crippen molar-refractivity contribution in [2.75, 3.05) is 68.3 Å². The molecule has 4 aromatic carbocycles. The summed E-state index contributed by atoms with van der Waals surface area (Å²) < 4.78 is 68.1. The summed E-state index contributed by atoms with van der Waals surface area (Å²) in [7, 11) is -9.38. The molecule has 0 spiro atoms. The van der Waals surface area contributed by atoms with Crippen molar-refractivity contribution in [3.63, 3.8) is 0 Å². The number of hydrogen-bond donors (Lipinski definition) is 6. The Hall–Kier alpha value is -5.05. The lowest BCUT2D eigenvalue weighted by atomic mass is 10.1. The van der Waals surface area contributed by atoms with Crippen molar-refractivity contribution in [3.8, 4) is 5.75 Å². The SMILES string of the molecule is CCN(CC)CCCNc1nc(NCCCN(CC)CC)nc(Nc2ccc3c(O)c(N=Nc4cccc5cc(S(=O)(=O)O)ccc45)c(S(=O)(=O)O)cc3c2)n1. The first-order valence-electron chi connectivity index (χ1n) is 18.4. The molecule has 56 heavy (non-hydrogen) atoms. The molecule has 5 aromatic rings. The van der Waals surface area contributed by atoms with Crippen LogP contribution < -0.4 is 16.0 Å². The molecule has 1 heterocycles. The summed E-state index contributed by atoms with van der Waals surface area (Å²) in [5, 5.41) is 30.5. The lowest BCUT2D eigenvalue weighted by Crippen LogP contribution is -2.26. The van der Waals surface area contributed by atoms with Crippen molar-refractivity contribution >= 4 is 76.7 Å². The van der Waals surface area contributed by atoms with Crippen LogP contribution >= 0.6 is 0 Å². The van der Waals surface area contributed by atoms with E-state index in [1.54, 1.807) is 36.4 Å². The molecule has 0 fully saturated rings. The molecule has 0 aliphatic rings. The summed E-state index contributed by atoms with van der Waals surface area (Å²) in [6.45, 7) is 15.5. The van der Waals surface area contributed by atoms with Gasteiger partial charge in [0, 0.05) is 29.5 Å². The summed E-state index contributed by atoms with van der Waals surface area (Å²) in [6.07, 6.45) is 1.77. The van der Waals surface area contributed by atoms with Crippen molar-refractivity contribution in [1.82, 2.24) is 24.8 Å². The lowest BCUT2D eigenvalue weighted by molar-refractivity contribution is 0.303. The Morgan fingerprint density at radius 3 is 1.82 bits per heavy atom.